The number of hydrogen-bond donors (Lipinski definition) is 4. The molecular weight excluding hydrogens is 212 g/mol. The first-order chi connectivity index (χ1) is 7.63. The summed E-state index contributed by atoms with van der Waals surface area (Å²) >= 11 is 0. The average molecular weight is 220 g/mol. The summed E-state index contributed by atoms with van der Waals surface area (Å²) in [6.07, 6.45) is 0. The van der Waals surface area contributed by atoms with E-state index in [1.165, 1.54) is 0 Å². The predicted molar refractivity (Wildman–Crippen MR) is 57.4 cm³/mol. The SMILES string of the molecule is Nc1cccc(Nc2nc(=O)[nH]c(=O)[nH]2)n1. The third-order valence-electron chi connectivity index (χ3n) is 1.68. The minimum Gasteiger partial charge on any atom is -0.384 e. The van der Waals surface area contributed by atoms with Gasteiger partial charge in [-0.15, -0.1) is 0 Å². The van der Waals surface area contributed by atoms with E-state index in [1.54, 1.807) is 18.2 Å². The highest BCUT2D eigenvalue weighted by Crippen LogP contribution is 2.08. The van der Waals surface area contributed by atoms with Crippen LogP contribution in [0.1, 0.15) is 0 Å². The van der Waals surface area contributed by atoms with E-state index in [1.807, 2.05) is 4.98 Å². The lowest BCUT2D eigenvalue weighted by Crippen LogP contribution is -2.25. The Kier molecular flexibility index (Phi) is 2.38. The van der Waals surface area contributed by atoms with Gasteiger partial charge in [0.25, 0.3) is 0 Å². The molecule has 0 fully saturated rings. The molecule has 8 heteroatoms. The van der Waals surface area contributed by atoms with Crippen molar-refractivity contribution in [3.8, 4) is 0 Å². The van der Waals surface area contributed by atoms with Gasteiger partial charge in [-0.3, -0.25) is 9.97 Å². The Morgan fingerprint density at radius 2 is 2.00 bits per heavy atom. The molecule has 2 rings (SSSR count). The third kappa shape index (κ3) is 2.23. The van der Waals surface area contributed by atoms with Gasteiger partial charge in [0.2, 0.25) is 5.95 Å². The van der Waals surface area contributed by atoms with Crippen molar-refractivity contribution < 1.29 is 0 Å². The summed E-state index contributed by atoms with van der Waals surface area (Å²) in [5, 5.41) is 2.65. The second-order valence-corrected chi connectivity index (χ2v) is 2.92. The highest BCUT2D eigenvalue weighted by molar-refractivity contribution is 5.50. The van der Waals surface area contributed by atoms with Crippen molar-refractivity contribution >= 4 is 17.6 Å². The molecule has 0 atom stereocenters. The molecule has 0 aliphatic rings. The number of anilines is 3. The maximum atomic E-state index is 10.9. The lowest BCUT2D eigenvalue weighted by atomic mass is 10.4. The van der Waals surface area contributed by atoms with Gasteiger partial charge in [0.1, 0.15) is 11.6 Å². The van der Waals surface area contributed by atoms with Gasteiger partial charge < -0.3 is 11.1 Å². The topological polar surface area (TPSA) is 130 Å². The zero-order valence-electron chi connectivity index (χ0n) is 8.02. The van der Waals surface area contributed by atoms with Gasteiger partial charge in [0, 0.05) is 0 Å². The van der Waals surface area contributed by atoms with Crippen LogP contribution < -0.4 is 22.4 Å². The van der Waals surface area contributed by atoms with Gasteiger partial charge >= 0.3 is 11.4 Å². The van der Waals surface area contributed by atoms with Crippen LogP contribution >= 0.6 is 0 Å². The number of pyridine rings is 1. The van der Waals surface area contributed by atoms with Crippen LogP contribution in [0.3, 0.4) is 0 Å². The third-order valence-corrected chi connectivity index (χ3v) is 1.68. The largest absolute Gasteiger partial charge is 0.384 e. The first kappa shape index (κ1) is 9.90. The molecule has 0 saturated heterocycles. The number of H-pyrrole nitrogens is 2. The molecule has 0 aromatic carbocycles. The second kappa shape index (κ2) is 3.85. The van der Waals surface area contributed by atoms with E-state index < -0.39 is 11.4 Å². The fourth-order valence-corrected chi connectivity index (χ4v) is 1.09. The van der Waals surface area contributed by atoms with E-state index in [0.717, 1.165) is 0 Å². The number of aromatic nitrogens is 4. The number of hydrogen-bond acceptors (Lipinski definition) is 6. The van der Waals surface area contributed by atoms with E-state index in [0.29, 0.717) is 11.6 Å². The predicted octanol–water partition coefficient (Wildman–Crippen LogP) is -0.821. The van der Waals surface area contributed by atoms with Crippen molar-refractivity contribution in [2.75, 3.05) is 11.1 Å². The zero-order valence-corrected chi connectivity index (χ0v) is 8.02. The molecule has 2 aromatic rings. The normalized spacial score (nSPS) is 10.0. The molecule has 0 amide bonds. The molecule has 0 aliphatic heterocycles. The van der Waals surface area contributed by atoms with Gasteiger partial charge in [0.05, 0.1) is 0 Å². The molecular formula is C8H8N6O2. The van der Waals surface area contributed by atoms with Gasteiger partial charge in [-0.1, -0.05) is 6.07 Å². The van der Waals surface area contributed by atoms with Crippen molar-refractivity contribution in [3.05, 3.63) is 39.2 Å². The molecule has 0 radical (unpaired) electrons. The quantitative estimate of drug-likeness (QED) is 0.523. The summed E-state index contributed by atoms with van der Waals surface area (Å²) in [5.74, 6) is 0.706. The van der Waals surface area contributed by atoms with Gasteiger partial charge in [-0.2, -0.15) is 4.98 Å². The summed E-state index contributed by atoms with van der Waals surface area (Å²) in [7, 11) is 0. The van der Waals surface area contributed by atoms with Crippen molar-refractivity contribution in [2.45, 2.75) is 0 Å². The van der Waals surface area contributed by atoms with Crippen molar-refractivity contribution in [1.82, 2.24) is 19.9 Å². The summed E-state index contributed by atoms with van der Waals surface area (Å²) < 4.78 is 0. The highest BCUT2D eigenvalue weighted by atomic mass is 16.2. The maximum absolute atomic E-state index is 10.9. The standard InChI is InChI=1S/C8H8N6O2/c9-4-2-1-3-5(10-4)11-6-12-7(15)14-8(16)13-6/h1-3H,(H5,9,10,11,12,13,14,15,16). The number of nitrogens with one attached hydrogen (secondary N) is 3. The second-order valence-electron chi connectivity index (χ2n) is 2.92. The van der Waals surface area contributed by atoms with E-state index in [2.05, 4.69) is 20.3 Å². The highest BCUT2D eigenvalue weighted by Gasteiger charge is 2.00. The lowest BCUT2D eigenvalue weighted by molar-refractivity contribution is 0.940. The molecule has 0 bridgehead atoms. The van der Waals surface area contributed by atoms with E-state index >= 15 is 0 Å². The van der Waals surface area contributed by atoms with Gasteiger partial charge in [-0.05, 0) is 12.1 Å². The fraction of sp³-hybridized carbons (Fsp3) is 0. The molecule has 0 saturated carbocycles. The molecule has 5 N–H and O–H groups in total. The number of nitrogens with zero attached hydrogens (tertiary/aromatic N) is 2. The van der Waals surface area contributed by atoms with Crippen LogP contribution in [0.25, 0.3) is 0 Å². The number of rotatable bonds is 2. The fourth-order valence-electron chi connectivity index (χ4n) is 1.09. The van der Waals surface area contributed by atoms with Crippen molar-refractivity contribution in [1.29, 1.82) is 0 Å². The average Bonchev–Trinajstić information content (AvgIpc) is 2.15. The van der Waals surface area contributed by atoms with E-state index in [-0.39, 0.29) is 5.95 Å². The minimum absolute atomic E-state index is 0.00634. The first-order valence-corrected chi connectivity index (χ1v) is 4.34. The number of nitrogens with two attached hydrogens (primary N) is 1. The van der Waals surface area contributed by atoms with Gasteiger partial charge in [0.15, 0.2) is 0 Å². The Bertz CT molecular complexity index is 588. The maximum Gasteiger partial charge on any atom is 0.352 e. The minimum atomic E-state index is -0.741. The molecule has 16 heavy (non-hydrogen) atoms. The summed E-state index contributed by atoms with van der Waals surface area (Å²) in [6.45, 7) is 0. The monoisotopic (exact) mass is 220 g/mol. The molecule has 0 aliphatic carbocycles. The van der Waals surface area contributed by atoms with Crippen LogP contribution in [0.2, 0.25) is 0 Å². The van der Waals surface area contributed by atoms with Crippen molar-refractivity contribution in [2.24, 2.45) is 0 Å². The summed E-state index contributed by atoms with van der Waals surface area (Å²) in [5.41, 5.74) is 4.07. The molecule has 82 valence electrons. The Balaban J connectivity index is 2.34. The first-order valence-electron chi connectivity index (χ1n) is 4.34. The van der Waals surface area contributed by atoms with Crippen molar-refractivity contribution in [3.63, 3.8) is 0 Å². The molecule has 8 nitrogen and oxygen atoms in total. The Hall–Kier alpha value is -2.64. The van der Waals surface area contributed by atoms with Crippen LogP contribution in [0.4, 0.5) is 17.6 Å². The Morgan fingerprint density at radius 3 is 2.69 bits per heavy atom. The zero-order chi connectivity index (χ0) is 11.5. The van der Waals surface area contributed by atoms with Crippen LogP contribution in [0.15, 0.2) is 27.8 Å². The Labute approximate surface area is 88.6 Å². The smallest absolute Gasteiger partial charge is 0.352 e. The van der Waals surface area contributed by atoms with E-state index in [4.69, 9.17) is 5.73 Å². The Morgan fingerprint density at radius 1 is 1.19 bits per heavy atom. The van der Waals surface area contributed by atoms with Crippen LogP contribution in [-0.2, 0) is 0 Å². The molecule has 0 unspecified atom stereocenters. The number of nitrogen functional groups attached to an aromatic ring is 1. The lowest BCUT2D eigenvalue weighted by Gasteiger charge is -2.03. The van der Waals surface area contributed by atoms with Crippen LogP contribution in [0, 0.1) is 0 Å². The van der Waals surface area contributed by atoms with Gasteiger partial charge in [-0.25, -0.2) is 14.6 Å². The molecule has 2 heterocycles. The van der Waals surface area contributed by atoms with E-state index in [9.17, 15) is 9.59 Å². The molecule has 0 spiro atoms. The van der Waals surface area contributed by atoms with Crippen LogP contribution in [-0.4, -0.2) is 19.9 Å². The summed E-state index contributed by atoms with van der Waals surface area (Å²) in [4.78, 5) is 33.5. The number of aromatic amines is 2. The van der Waals surface area contributed by atoms with Crippen LogP contribution in [0.5, 0.6) is 0 Å². The molecule has 2 aromatic heterocycles. The summed E-state index contributed by atoms with van der Waals surface area (Å²) in [6, 6.07) is 4.91.